The van der Waals surface area contributed by atoms with Gasteiger partial charge in [0.2, 0.25) is 0 Å². The van der Waals surface area contributed by atoms with E-state index in [4.69, 9.17) is 5.73 Å². The first-order valence-electron chi connectivity index (χ1n) is 8.49. The van der Waals surface area contributed by atoms with Gasteiger partial charge in [-0.15, -0.1) is 0 Å². The Morgan fingerprint density at radius 1 is 1.05 bits per heavy atom. The average Bonchev–Trinajstić information content (AvgIpc) is 2.37. The summed E-state index contributed by atoms with van der Waals surface area (Å²) in [5, 5.41) is 0. The third-order valence-corrected chi connectivity index (χ3v) is 6.21. The molecule has 4 fully saturated rings. The highest BCUT2D eigenvalue weighted by atomic mass is 14.8. The molecule has 0 aromatic heterocycles. The molecule has 4 aliphatic carbocycles. The summed E-state index contributed by atoms with van der Waals surface area (Å²) in [5.74, 6) is 1.80. The zero-order valence-electron chi connectivity index (χ0n) is 12.7. The van der Waals surface area contributed by atoms with Crippen molar-refractivity contribution in [1.29, 1.82) is 0 Å². The maximum absolute atomic E-state index is 6.72. The van der Waals surface area contributed by atoms with Gasteiger partial charge in [0.15, 0.2) is 0 Å². The van der Waals surface area contributed by atoms with Crippen LogP contribution in [-0.4, -0.2) is 5.54 Å². The van der Waals surface area contributed by atoms with Crippen LogP contribution in [0.1, 0.15) is 63.0 Å². The summed E-state index contributed by atoms with van der Waals surface area (Å²) in [6.07, 6.45) is 10.5. The predicted molar refractivity (Wildman–Crippen MR) is 83.7 cm³/mol. The van der Waals surface area contributed by atoms with Crippen molar-refractivity contribution >= 4 is 0 Å². The largest absolute Gasteiger partial charge is 0.325 e. The van der Waals surface area contributed by atoms with Crippen molar-refractivity contribution in [3.05, 3.63) is 35.4 Å². The third kappa shape index (κ3) is 1.94. The molecule has 0 heterocycles. The fraction of sp³-hybridized carbons (Fsp3) is 0.684. The van der Waals surface area contributed by atoms with Crippen LogP contribution in [0.2, 0.25) is 0 Å². The first-order valence-corrected chi connectivity index (χ1v) is 8.49. The number of benzene rings is 1. The monoisotopic (exact) mass is 269 g/mol. The highest BCUT2D eigenvalue weighted by Crippen LogP contribution is 2.61. The van der Waals surface area contributed by atoms with Gasteiger partial charge in [0.25, 0.3) is 0 Å². The Hall–Kier alpha value is -0.820. The Labute approximate surface area is 122 Å². The molecule has 4 bridgehead atoms. The summed E-state index contributed by atoms with van der Waals surface area (Å²) >= 11 is 0. The Kier molecular flexibility index (Phi) is 2.79. The van der Waals surface area contributed by atoms with Crippen LogP contribution < -0.4 is 5.73 Å². The highest BCUT2D eigenvalue weighted by molar-refractivity contribution is 5.33. The van der Waals surface area contributed by atoms with Crippen LogP contribution in [-0.2, 0) is 11.8 Å². The van der Waals surface area contributed by atoms with Crippen LogP contribution in [0.3, 0.4) is 0 Å². The van der Waals surface area contributed by atoms with Crippen molar-refractivity contribution < 1.29 is 0 Å². The van der Waals surface area contributed by atoms with E-state index in [1.165, 1.54) is 56.9 Å². The predicted octanol–water partition coefficient (Wildman–Crippen LogP) is 4.19. The van der Waals surface area contributed by atoms with Crippen LogP contribution in [0, 0.1) is 11.8 Å². The van der Waals surface area contributed by atoms with Crippen LogP contribution in [0.15, 0.2) is 24.3 Å². The quantitative estimate of drug-likeness (QED) is 0.875. The summed E-state index contributed by atoms with van der Waals surface area (Å²) in [5.41, 5.74) is 10.4. The van der Waals surface area contributed by atoms with Crippen LogP contribution >= 0.6 is 0 Å². The maximum Gasteiger partial charge on any atom is 0.0168 e. The third-order valence-electron chi connectivity index (χ3n) is 6.21. The lowest BCUT2D eigenvalue weighted by molar-refractivity contribution is -0.0227. The molecule has 2 N–H and O–H groups in total. The van der Waals surface area contributed by atoms with Gasteiger partial charge in [-0.25, -0.2) is 0 Å². The second-order valence-corrected chi connectivity index (χ2v) is 8.05. The van der Waals surface area contributed by atoms with Gasteiger partial charge in [-0.1, -0.05) is 37.6 Å². The second kappa shape index (κ2) is 4.34. The normalized spacial score (nSPS) is 42.1. The average molecular weight is 269 g/mol. The van der Waals surface area contributed by atoms with Crippen LogP contribution in [0.5, 0.6) is 0 Å². The topological polar surface area (TPSA) is 26.0 Å². The molecule has 0 aliphatic heterocycles. The van der Waals surface area contributed by atoms with Gasteiger partial charge in [-0.05, 0) is 73.3 Å². The molecule has 0 amide bonds. The summed E-state index contributed by atoms with van der Waals surface area (Å²) in [7, 11) is 0. The Morgan fingerprint density at radius 2 is 1.70 bits per heavy atom. The van der Waals surface area contributed by atoms with Gasteiger partial charge in [0.05, 0.1) is 0 Å². The maximum atomic E-state index is 6.72. The van der Waals surface area contributed by atoms with E-state index in [-0.39, 0.29) is 5.54 Å². The molecule has 2 unspecified atom stereocenters. The fourth-order valence-corrected chi connectivity index (χ4v) is 5.98. The summed E-state index contributed by atoms with van der Waals surface area (Å²) in [4.78, 5) is 0. The van der Waals surface area contributed by atoms with Crippen molar-refractivity contribution in [3.63, 3.8) is 0 Å². The molecule has 0 radical (unpaired) electrons. The highest BCUT2D eigenvalue weighted by Gasteiger charge is 2.56. The van der Waals surface area contributed by atoms with E-state index in [1.54, 1.807) is 5.56 Å². The molecular formula is C19H27N. The van der Waals surface area contributed by atoms with Gasteiger partial charge < -0.3 is 5.73 Å². The first kappa shape index (κ1) is 12.9. The van der Waals surface area contributed by atoms with E-state index in [1.807, 2.05) is 0 Å². The fourth-order valence-electron chi connectivity index (χ4n) is 5.98. The van der Waals surface area contributed by atoms with Crippen molar-refractivity contribution in [2.24, 2.45) is 17.6 Å². The van der Waals surface area contributed by atoms with E-state index in [0.717, 1.165) is 11.8 Å². The summed E-state index contributed by atoms with van der Waals surface area (Å²) < 4.78 is 0. The molecule has 1 aromatic rings. The first-order chi connectivity index (χ1) is 9.61. The van der Waals surface area contributed by atoms with Crippen molar-refractivity contribution in [1.82, 2.24) is 0 Å². The molecule has 1 nitrogen and oxygen atoms in total. The smallest absolute Gasteiger partial charge is 0.0168 e. The molecule has 0 spiro atoms. The molecule has 4 aliphatic rings. The Bertz CT molecular complexity index is 487. The summed E-state index contributed by atoms with van der Waals surface area (Å²) in [6.45, 7) is 2.26. The number of rotatable bonds is 3. The SMILES string of the molecule is CCCc1ccc(C23CC4CC(CC(N)(C4)C2)C3)cc1. The Morgan fingerprint density at radius 3 is 2.25 bits per heavy atom. The number of hydrogen-bond acceptors (Lipinski definition) is 1. The molecule has 5 rings (SSSR count). The zero-order valence-corrected chi connectivity index (χ0v) is 12.7. The number of aryl methyl sites for hydroxylation is 1. The van der Waals surface area contributed by atoms with Crippen molar-refractivity contribution in [2.75, 3.05) is 0 Å². The van der Waals surface area contributed by atoms with Gasteiger partial charge in [0.1, 0.15) is 0 Å². The Balaban J connectivity index is 1.67. The van der Waals surface area contributed by atoms with Crippen molar-refractivity contribution in [2.45, 2.75) is 69.2 Å². The lowest BCUT2D eigenvalue weighted by atomic mass is 9.45. The molecule has 1 heteroatoms. The minimum Gasteiger partial charge on any atom is -0.325 e. The number of hydrogen-bond donors (Lipinski definition) is 1. The molecule has 0 saturated heterocycles. The van der Waals surface area contributed by atoms with Crippen molar-refractivity contribution in [3.8, 4) is 0 Å². The molecule has 20 heavy (non-hydrogen) atoms. The minimum atomic E-state index is 0.159. The molecule has 2 atom stereocenters. The van der Waals surface area contributed by atoms with Crippen LogP contribution in [0.25, 0.3) is 0 Å². The lowest BCUT2D eigenvalue weighted by Crippen LogP contribution is -2.61. The minimum absolute atomic E-state index is 0.159. The van der Waals surface area contributed by atoms with Gasteiger partial charge in [-0.3, -0.25) is 0 Å². The lowest BCUT2D eigenvalue weighted by Gasteiger charge is -2.61. The van der Waals surface area contributed by atoms with E-state index in [0.29, 0.717) is 5.41 Å². The van der Waals surface area contributed by atoms with E-state index < -0.39 is 0 Å². The van der Waals surface area contributed by atoms with Crippen LogP contribution in [0.4, 0.5) is 0 Å². The van der Waals surface area contributed by atoms with E-state index in [9.17, 15) is 0 Å². The molecule has 4 saturated carbocycles. The molecule has 108 valence electrons. The molecule has 1 aromatic carbocycles. The molecular weight excluding hydrogens is 242 g/mol. The van der Waals surface area contributed by atoms with Gasteiger partial charge >= 0.3 is 0 Å². The van der Waals surface area contributed by atoms with E-state index >= 15 is 0 Å². The standard InChI is InChI=1S/C19H27N/c1-2-3-14-4-6-17(7-5-14)18-9-15-8-16(10-18)12-19(20,11-15)13-18/h4-7,15-16H,2-3,8-13,20H2,1H3. The number of nitrogens with two attached hydrogens (primary N) is 1. The van der Waals surface area contributed by atoms with Gasteiger partial charge in [0, 0.05) is 5.54 Å². The van der Waals surface area contributed by atoms with E-state index in [2.05, 4.69) is 31.2 Å². The zero-order chi connectivity index (χ0) is 13.8. The summed E-state index contributed by atoms with van der Waals surface area (Å²) in [6, 6.07) is 9.56. The van der Waals surface area contributed by atoms with Gasteiger partial charge in [-0.2, -0.15) is 0 Å². The second-order valence-electron chi connectivity index (χ2n) is 8.05.